The summed E-state index contributed by atoms with van der Waals surface area (Å²) in [5.41, 5.74) is 7.98. The van der Waals surface area contributed by atoms with Gasteiger partial charge in [0.15, 0.2) is 17.5 Å². The number of pyridine rings is 1. The number of thiazole rings is 2. The van der Waals surface area contributed by atoms with Crippen molar-refractivity contribution in [2.75, 3.05) is 62.4 Å². The Hall–Kier alpha value is -7.10. The molecule has 5 amide bonds. The fraction of sp³-hybridized carbons (Fsp3) is 0.464. The molecule has 0 bridgehead atoms. The summed E-state index contributed by atoms with van der Waals surface area (Å²) < 4.78 is 12.3. The average Bonchev–Trinajstić information content (AvgIpc) is 4.19. The van der Waals surface area contributed by atoms with E-state index >= 15 is 0 Å². The highest BCUT2D eigenvalue weighted by molar-refractivity contribution is 7.22. The van der Waals surface area contributed by atoms with E-state index in [0.717, 1.165) is 81.6 Å². The Labute approximate surface area is 458 Å². The van der Waals surface area contributed by atoms with Gasteiger partial charge in [0.2, 0.25) is 23.7 Å². The molecular weight excluding hydrogens is 1020 g/mol. The summed E-state index contributed by atoms with van der Waals surface area (Å²) in [7, 11) is 3.80. The minimum atomic E-state index is -0.895. The number of unbranched alkanes of at least 4 members (excludes halogenated alkanes) is 1. The molecule has 4 N–H and O–H groups in total. The smallest absolute Gasteiger partial charge is 0.411 e. The quantitative estimate of drug-likeness (QED) is 0.0495. The first-order valence-electron chi connectivity index (χ1n) is 26.3. The Morgan fingerprint density at radius 1 is 0.805 bits per heavy atom. The van der Waals surface area contributed by atoms with E-state index in [2.05, 4.69) is 46.2 Å². The number of carbonyl (C=O) groups excluding carboxylic acids is 5. The van der Waals surface area contributed by atoms with E-state index in [1.165, 1.54) is 30.2 Å². The third kappa shape index (κ3) is 15.3. The van der Waals surface area contributed by atoms with Crippen LogP contribution in [0.3, 0.4) is 0 Å². The molecule has 77 heavy (non-hydrogen) atoms. The van der Waals surface area contributed by atoms with Crippen LogP contribution in [0.1, 0.15) is 95.5 Å². The van der Waals surface area contributed by atoms with Crippen molar-refractivity contribution >= 4 is 79.4 Å². The highest BCUT2D eigenvalue weighted by Crippen LogP contribution is 2.33. The van der Waals surface area contributed by atoms with Crippen LogP contribution in [0.25, 0.3) is 31.8 Å². The minimum Gasteiger partial charge on any atom is -0.481 e. The molecule has 6 aromatic rings. The van der Waals surface area contributed by atoms with Gasteiger partial charge in [0.1, 0.15) is 18.2 Å². The van der Waals surface area contributed by atoms with Crippen LogP contribution in [0.15, 0.2) is 72.6 Å². The van der Waals surface area contributed by atoms with E-state index in [9.17, 15) is 24.0 Å². The third-order valence-corrected chi connectivity index (χ3v) is 15.7. The van der Waals surface area contributed by atoms with Crippen molar-refractivity contribution in [2.24, 2.45) is 5.41 Å². The molecule has 0 radical (unpaired) electrons. The van der Waals surface area contributed by atoms with Crippen molar-refractivity contribution in [1.82, 2.24) is 45.4 Å². The second-order valence-corrected chi connectivity index (χ2v) is 22.9. The Balaban J connectivity index is 0.730. The molecule has 1 unspecified atom stereocenters. The van der Waals surface area contributed by atoms with Crippen molar-refractivity contribution in [3.8, 4) is 27.3 Å². The van der Waals surface area contributed by atoms with Gasteiger partial charge in [0.25, 0.3) is 5.91 Å². The number of benzene rings is 2. The van der Waals surface area contributed by atoms with Crippen LogP contribution in [-0.2, 0) is 30.5 Å². The number of likely N-dealkylation sites (tertiary alicyclic amines) is 1. The number of hydrogen-bond acceptors (Lipinski definition) is 16. The first kappa shape index (κ1) is 56.1. The summed E-state index contributed by atoms with van der Waals surface area (Å²) in [6.45, 7) is 11.4. The molecule has 5 heterocycles. The van der Waals surface area contributed by atoms with Crippen molar-refractivity contribution < 1.29 is 33.4 Å². The first-order chi connectivity index (χ1) is 37.0. The lowest BCUT2D eigenvalue weighted by Gasteiger charge is -2.35. The van der Waals surface area contributed by atoms with Crippen molar-refractivity contribution in [3.63, 3.8) is 0 Å². The SMILES string of the molecule is Cc1ncc(-c2ccc3nc(NC(=O)CN(C)CCCCN(C)c4ncc(OCC(=O)NC(C(=O)N5CCC[C@H]5C(=O)NCc5ccc(-c6scnc6C)cc5)C(C)(C)C)cn4)sc3c2)cc1NC(=O)OC1CCCCC1. The number of ether oxygens (including phenoxy) is 2. The molecular formula is C56H70N12O7S2. The van der Waals surface area contributed by atoms with Crippen molar-refractivity contribution in [1.29, 1.82) is 0 Å². The predicted molar refractivity (Wildman–Crippen MR) is 301 cm³/mol. The van der Waals surface area contributed by atoms with Gasteiger partial charge in [-0.3, -0.25) is 34.4 Å². The summed E-state index contributed by atoms with van der Waals surface area (Å²) >= 11 is 2.99. The predicted octanol–water partition coefficient (Wildman–Crippen LogP) is 8.77. The van der Waals surface area contributed by atoms with Gasteiger partial charge in [-0.1, -0.05) is 68.9 Å². The molecule has 1 aliphatic heterocycles. The number of nitrogens with one attached hydrogen (secondary N) is 4. The molecule has 19 nitrogen and oxygen atoms in total. The second kappa shape index (κ2) is 25.8. The maximum absolute atomic E-state index is 14.1. The van der Waals surface area contributed by atoms with Crippen LogP contribution < -0.4 is 30.9 Å². The average molecular weight is 1090 g/mol. The van der Waals surface area contributed by atoms with Crippen LogP contribution in [-0.4, -0.2) is 130 Å². The van der Waals surface area contributed by atoms with E-state index in [1.54, 1.807) is 22.4 Å². The van der Waals surface area contributed by atoms with Gasteiger partial charge in [-0.2, -0.15) is 0 Å². The monoisotopic (exact) mass is 1090 g/mol. The second-order valence-electron chi connectivity index (χ2n) is 21.0. The van der Waals surface area contributed by atoms with Gasteiger partial charge >= 0.3 is 6.09 Å². The fourth-order valence-electron chi connectivity index (χ4n) is 9.47. The van der Waals surface area contributed by atoms with Crippen molar-refractivity contribution in [3.05, 3.63) is 89.6 Å². The molecule has 1 aliphatic carbocycles. The van der Waals surface area contributed by atoms with E-state index < -0.39 is 29.5 Å². The Morgan fingerprint density at radius 3 is 2.27 bits per heavy atom. The Morgan fingerprint density at radius 2 is 1.55 bits per heavy atom. The van der Waals surface area contributed by atoms with Gasteiger partial charge in [-0.05, 0) is 119 Å². The number of fused-ring (bicyclic) bond motifs is 1. The molecule has 8 rings (SSSR count). The standard InChI is InChI=1S/C56H70N12O7S2/c1-35-44(63-55(73)75-41-14-9-8-10-15-41)26-40(29-57-35)39-21-22-43-46(27-39)77-54(62-43)65-47(69)32-66(6)23-11-12-24-67(7)53-59-30-42(31-60-53)74-33-48(70)64-50(56(3,4)5)52(72)68-25-13-16-45(68)51(71)58-28-37-17-19-38(20-18-37)49-36(2)61-34-76-49/h17-22,26-27,29-31,34,41,45,50H,8-16,23-25,28,32-33H2,1-7H3,(H,58,71)(H,63,73)(H,64,70)(H,62,65,69)/t45-,50?/m0/s1. The molecule has 21 heteroatoms. The van der Waals surface area contributed by atoms with Crippen LogP contribution >= 0.6 is 22.7 Å². The highest BCUT2D eigenvalue weighted by atomic mass is 32.1. The molecule has 2 aliphatic rings. The summed E-state index contributed by atoms with van der Waals surface area (Å²) in [5.74, 6) is -0.391. The Bertz CT molecular complexity index is 3010. The lowest BCUT2D eigenvalue weighted by Crippen LogP contribution is -2.58. The molecule has 1 saturated heterocycles. The largest absolute Gasteiger partial charge is 0.481 e. The van der Waals surface area contributed by atoms with Gasteiger partial charge in [0, 0.05) is 38.4 Å². The summed E-state index contributed by atoms with van der Waals surface area (Å²) in [6, 6.07) is 14.3. The van der Waals surface area contributed by atoms with Crippen LogP contribution in [0, 0.1) is 19.3 Å². The molecule has 2 aromatic carbocycles. The number of nitrogens with zero attached hydrogens (tertiary/aromatic N) is 8. The molecule has 0 spiro atoms. The number of aryl methyl sites for hydroxylation is 2. The van der Waals surface area contributed by atoms with Gasteiger partial charge < -0.3 is 35.2 Å². The van der Waals surface area contributed by atoms with Gasteiger partial charge in [-0.25, -0.2) is 24.7 Å². The number of rotatable bonds is 21. The zero-order valence-corrected chi connectivity index (χ0v) is 46.7. The van der Waals surface area contributed by atoms with Crippen molar-refractivity contribution in [2.45, 2.75) is 117 Å². The molecule has 1 saturated carbocycles. The topological polar surface area (TPSA) is 226 Å². The number of likely N-dealkylation sites (N-methyl/N-ethyl adjacent to an activating group) is 1. The molecule has 4 aromatic heterocycles. The normalized spacial score (nSPS) is 15.3. The summed E-state index contributed by atoms with van der Waals surface area (Å²) in [5, 5.41) is 12.2. The van der Waals surface area contributed by atoms with Crippen LogP contribution in [0.5, 0.6) is 5.75 Å². The molecule has 408 valence electrons. The van der Waals surface area contributed by atoms with E-state index in [4.69, 9.17) is 9.47 Å². The number of amides is 5. The zero-order chi connectivity index (χ0) is 54.6. The lowest BCUT2D eigenvalue weighted by molar-refractivity contribution is -0.144. The maximum atomic E-state index is 14.1. The van der Waals surface area contributed by atoms with Gasteiger partial charge in [-0.15, -0.1) is 11.3 Å². The fourth-order valence-corrected chi connectivity index (χ4v) is 11.2. The molecule has 2 fully saturated rings. The number of anilines is 3. The van der Waals surface area contributed by atoms with Gasteiger partial charge in [0.05, 0.1) is 56.6 Å². The van der Waals surface area contributed by atoms with E-state index in [0.29, 0.717) is 67.2 Å². The zero-order valence-electron chi connectivity index (χ0n) is 45.0. The van der Waals surface area contributed by atoms with E-state index in [1.807, 2.05) is 113 Å². The summed E-state index contributed by atoms with van der Waals surface area (Å²) in [6.07, 6.45) is 12.3. The van der Waals surface area contributed by atoms with E-state index in [-0.39, 0.29) is 37.0 Å². The number of aromatic nitrogens is 5. The third-order valence-electron chi connectivity index (χ3n) is 13.8. The Kier molecular flexibility index (Phi) is 18.8. The minimum absolute atomic E-state index is 0.0471. The maximum Gasteiger partial charge on any atom is 0.411 e. The highest BCUT2D eigenvalue weighted by Gasteiger charge is 2.42. The summed E-state index contributed by atoms with van der Waals surface area (Å²) in [4.78, 5) is 95.5. The number of carbonyl (C=O) groups is 5. The van der Waals surface area contributed by atoms with Crippen LogP contribution in [0.2, 0.25) is 0 Å². The first-order valence-corrected chi connectivity index (χ1v) is 28.0. The lowest BCUT2D eigenvalue weighted by atomic mass is 9.85. The number of hydrogen-bond donors (Lipinski definition) is 4. The van der Waals surface area contributed by atoms with Crippen LogP contribution in [0.4, 0.5) is 21.6 Å². The molecule has 2 atom stereocenters.